The maximum absolute atomic E-state index is 12.7. The highest BCUT2D eigenvalue weighted by atomic mass is 19.3. The van der Waals surface area contributed by atoms with Crippen molar-refractivity contribution in [2.24, 2.45) is 17.8 Å². The molecule has 0 saturated heterocycles. The molecule has 0 aliphatic heterocycles. The van der Waals surface area contributed by atoms with Crippen LogP contribution >= 0.6 is 0 Å². The Morgan fingerprint density at radius 2 is 1.73 bits per heavy atom. The summed E-state index contributed by atoms with van der Waals surface area (Å²) in [7, 11) is 0. The van der Waals surface area contributed by atoms with Crippen LogP contribution in [-0.2, 0) is 0 Å². The molecule has 0 nitrogen and oxygen atoms in total. The van der Waals surface area contributed by atoms with Crippen molar-refractivity contribution >= 4 is 5.57 Å². The van der Waals surface area contributed by atoms with Crippen LogP contribution in [0.15, 0.2) is 43.0 Å². The van der Waals surface area contributed by atoms with E-state index in [-0.39, 0.29) is 5.56 Å². The first-order chi connectivity index (χ1) is 12.7. The molecular weight excluding hydrogens is 326 g/mol. The van der Waals surface area contributed by atoms with Gasteiger partial charge in [-0.05, 0) is 73.8 Å². The SMILES string of the molecule is C=CCCCC1CCC(C2CC=C(c3ccc(C(F)F)cc3)CC2)CC1. The first-order valence-corrected chi connectivity index (χ1v) is 10.4. The predicted molar refractivity (Wildman–Crippen MR) is 106 cm³/mol. The van der Waals surface area contributed by atoms with Gasteiger partial charge in [-0.25, -0.2) is 8.78 Å². The Labute approximate surface area is 157 Å². The third-order valence-corrected chi connectivity index (χ3v) is 6.56. The number of allylic oxidation sites excluding steroid dienone is 3. The van der Waals surface area contributed by atoms with E-state index in [0.29, 0.717) is 0 Å². The summed E-state index contributed by atoms with van der Waals surface area (Å²) in [6, 6.07) is 6.87. The number of rotatable bonds is 7. The topological polar surface area (TPSA) is 0 Å². The predicted octanol–water partition coefficient (Wildman–Crippen LogP) is 7.97. The smallest absolute Gasteiger partial charge is 0.205 e. The summed E-state index contributed by atoms with van der Waals surface area (Å²) in [5.41, 5.74) is 2.59. The zero-order chi connectivity index (χ0) is 18.4. The Kier molecular flexibility index (Phi) is 7.05. The molecule has 1 aromatic carbocycles. The molecule has 2 aliphatic carbocycles. The molecule has 2 heteroatoms. The summed E-state index contributed by atoms with van der Waals surface area (Å²) in [5.74, 6) is 2.66. The third-order valence-electron chi connectivity index (χ3n) is 6.56. The van der Waals surface area contributed by atoms with E-state index < -0.39 is 6.43 Å². The van der Waals surface area contributed by atoms with Crippen LogP contribution in [0.3, 0.4) is 0 Å². The van der Waals surface area contributed by atoms with Crippen LogP contribution in [0, 0.1) is 17.8 Å². The van der Waals surface area contributed by atoms with Gasteiger partial charge in [-0.3, -0.25) is 0 Å². The third kappa shape index (κ3) is 5.05. The zero-order valence-electron chi connectivity index (χ0n) is 15.8. The van der Waals surface area contributed by atoms with Gasteiger partial charge in [0.15, 0.2) is 0 Å². The number of unbranched alkanes of at least 4 members (excludes halogenated alkanes) is 1. The van der Waals surface area contributed by atoms with E-state index in [1.54, 1.807) is 12.1 Å². The molecule has 0 radical (unpaired) electrons. The van der Waals surface area contributed by atoms with E-state index in [2.05, 4.69) is 12.7 Å². The highest BCUT2D eigenvalue weighted by Crippen LogP contribution is 2.42. The lowest BCUT2D eigenvalue weighted by molar-refractivity contribution is 0.151. The van der Waals surface area contributed by atoms with Crippen molar-refractivity contribution < 1.29 is 8.78 Å². The molecule has 0 heterocycles. The number of hydrogen-bond donors (Lipinski definition) is 0. The Morgan fingerprint density at radius 3 is 2.31 bits per heavy atom. The molecule has 2 aliphatic rings. The Balaban J connectivity index is 1.48. The average Bonchev–Trinajstić information content (AvgIpc) is 2.69. The van der Waals surface area contributed by atoms with Crippen LogP contribution in [0.5, 0.6) is 0 Å². The van der Waals surface area contributed by atoms with E-state index in [4.69, 9.17) is 0 Å². The first-order valence-electron chi connectivity index (χ1n) is 10.4. The van der Waals surface area contributed by atoms with Gasteiger partial charge < -0.3 is 0 Å². The summed E-state index contributed by atoms with van der Waals surface area (Å²) in [6.45, 7) is 3.82. The Morgan fingerprint density at radius 1 is 1.00 bits per heavy atom. The normalized spacial score (nSPS) is 26.6. The average molecular weight is 359 g/mol. The van der Waals surface area contributed by atoms with Gasteiger partial charge in [-0.15, -0.1) is 6.58 Å². The fourth-order valence-electron chi connectivity index (χ4n) is 4.89. The van der Waals surface area contributed by atoms with Crippen molar-refractivity contribution in [3.8, 4) is 0 Å². The van der Waals surface area contributed by atoms with Crippen LogP contribution in [-0.4, -0.2) is 0 Å². The maximum atomic E-state index is 12.7. The van der Waals surface area contributed by atoms with Crippen molar-refractivity contribution in [1.29, 1.82) is 0 Å². The van der Waals surface area contributed by atoms with Crippen LogP contribution in [0.25, 0.3) is 5.57 Å². The summed E-state index contributed by atoms with van der Waals surface area (Å²) in [5, 5.41) is 0. The molecular formula is C24H32F2. The molecule has 1 saturated carbocycles. The molecule has 3 rings (SSSR count). The fraction of sp³-hybridized carbons (Fsp3) is 0.583. The van der Waals surface area contributed by atoms with Crippen molar-refractivity contribution in [3.05, 3.63) is 54.1 Å². The van der Waals surface area contributed by atoms with Crippen molar-refractivity contribution in [3.63, 3.8) is 0 Å². The van der Waals surface area contributed by atoms with Crippen LogP contribution in [0.4, 0.5) is 8.78 Å². The second kappa shape index (κ2) is 9.48. The van der Waals surface area contributed by atoms with E-state index in [1.165, 1.54) is 50.5 Å². The Bertz CT molecular complexity index is 591. The van der Waals surface area contributed by atoms with Gasteiger partial charge in [0.2, 0.25) is 0 Å². The fourth-order valence-corrected chi connectivity index (χ4v) is 4.89. The number of alkyl halides is 2. The zero-order valence-corrected chi connectivity index (χ0v) is 15.8. The van der Waals surface area contributed by atoms with Gasteiger partial charge in [0.05, 0.1) is 0 Å². The van der Waals surface area contributed by atoms with Gasteiger partial charge in [0.25, 0.3) is 6.43 Å². The molecule has 0 aromatic heterocycles. The molecule has 1 aromatic rings. The van der Waals surface area contributed by atoms with Crippen LogP contribution < -0.4 is 0 Å². The van der Waals surface area contributed by atoms with Gasteiger partial charge in [-0.1, -0.05) is 55.7 Å². The number of benzene rings is 1. The molecule has 1 unspecified atom stereocenters. The molecule has 0 spiro atoms. The Hall–Kier alpha value is -1.44. The summed E-state index contributed by atoms with van der Waals surface area (Å²) >= 11 is 0. The summed E-state index contributed by atoms with van der Waals surface area (Å²) in [4.78, 5) is 0. The van der Waals surface area contributed by atoms with Gasteiger partial charge in [-0.2, -0.15) is 0 Å². The lowest BCUT2D eigenvalue weighted by Crippen LogP contribution is -2.23. The maximum Gasteiger partial charge on any atom is 0.263 e. The monoisotopic (exact) mass is 358 g/mol. The van der Waals surface area contributed by atoms with Gasteiger partial charge in [0.1, 0.15) is 0 Å². The lowest BCUT2D eigenvalue weighted by atomic mass is 9.70. The summed E-state index contributed by atoms with van der Waals surface area (Å²) < 4.78 is 25.4. The minimum atomic E-state index is -2.37. The number of halogens is 2. The first kappa shape index (κ1) is 19.3. The molecule has 142 valence electrons. The highest BCUT2D eigenvalue weighted by Gasteiger charge is 2.28. The second-order valence-corrected chi connectivity index (χ2v) is 8.19. The highest BCUT2D eigenvalue weighted by molar-refractivity contribution is 5.66. The van der Waals surface area contributed by atoms with Crippen molar-refractivity contribution in [2.75, 3.05) is 0 Å². The van der Waals surface area contributed by atoms with Crippen molar-refractivity contribution in [2.45, 2.75) is 70.6 Å². The number of hydrogen-bond acceptors (Lipinski definition) is 0. The van der Waals surface area contributed by atoms with E-state index in [1.807, 2.05) is 18.2 Å². The summed E-state index contributed by atoms with van der Waals surface area (Å²) in [6.07, 6.45) is 15.0. The van der Waals surface area contributed by atoms with Crippen molar-refractivity contribution in [1.82, 2.24) is 0 Å². The minimum absolute atomic E-state index is 0.118. The molecule has 0 N–H and O–H groups in total. The minimum Gasteiger partial charge on any atom is -0.205 e. The second-order valence-electron chi connectivity index (χ2n) is 8.19. The largest absolute Gasteiger partial charge is 0.263 e. The molecule has 1 fully saturated rings. The molecule has 1 atom stereocenters. The van der Waals surface area contributed by atoms with E-state index >= 15 is 0 Å². The molecule has 26 heavy (non-hydrogen) atoms. The van der Waals surface area contributed by atoms with Gasteiger partial charge in [0, 0.05) is 5.56 Å². The molecule has 0 amide bonds. The van der Waals surface area contributed by atoms with Crippen LogP contribution in [0.2, 0.25) is 0 Å². The van der Waals surface area contributed by atoms with Gasteiger partial charge >= 0.3 is 0 Å². The van der Waals surface area contributed by atoms with E-state index in [0.717, 1.165) is 42.6 Å². The van der Waals surface area contributed by atoms with E-state index in [9.17, 15) is 8.78 Å². The lowest BCUT2D eigenvalue weighted by Gasteiger charge is -2.35. The molecule has 0 bridgehead atoms. The van der Waals surface area contributed by atoms with Crippen LogP contribution in [0.1, 0.15) is 81.8 Å². The quantitative estimate of drug-likeness (QED) is 0.342. The standard InChI is InChI=1S/C24H32F2/c1-2-3-4-5-18-6-8-19(9-7-18)20-10-12-21(13-11-20)22-14-16-23(17-15-22)24(25)26/h2,12,14-20,24H,1,3-11,13H2.